The summed E-state index contributed by atoms with van der Waals surface area (Å²) in [6.45, 7) is 6.26. The molecule has 68 valence electrons. The minimum absolute atomic E-state index is 0.0297. The van der Waals surface area contributed by atoms with Gasteiger partial charge < -0.3 is 4.42 Å². The Labute approximate surface area is 76.0 Å². The van der Waals surface area contributed by atoms with E-state index >= 15 is 0 Å². The molecule has 0 atom stereocenters. The third kappa shape index (κ3) is 1.28. The molecule has 0 aliphatic rings. The van der Waals surface area contributed by atoms with Gasteiger partial charge in [-0.3, -0.25) is 0 Å². The Morgan fingerprint density at radius 1 is 1.15 bits per heavy atom. The van der Waals surface area contributed by atoms with Gasteiger partial charge in [0.15, 0.2) is 11.9 Å². The van der Waals surface area contributed by atoms with Crippen LogP contribution in [0.2, 0.25) is 0 Å². The van der Waals surface area contributed by atoms with Crippen molar-refractivity contribution < 1.29 is 4.42 Å². The van der Waals surface area contributed by atoms with Crippen molar-refractivity contribution in [3.8, 4) is 0 Å². The summed E-state index contributed by atoms with van der Waals surface area (Å²) in [7, 11) is 0. The quantitative estimate of drug-likeness (QED) is 0.616. The van der Waals surface area contributed by atoms with Crippen molar-refractivity contribution in [1.29, 1.82) is 0 Å². The Bertz CT molecular complexity index is 428. The van der Waals surface area contributed by atoms with Gasteiger partial charge in [-0.1, -0.05) is 20.8 Å². The standard InChI is InChI=1S/C9H11N3O/c1-9(2,3)7-6-8(11-4-10-7)13-5-12-6/h4-5H,1-3H3. The first-order chi connectivity index (χ1) is 6.09. The van der Waals surface area contributed by atoms with Crippen molar-refractivity contribution in [2.24, 2.45) is 0 Å². The van der Waals surface area contributed by atoms with Gasteiger partial charge in [0.05, 0.1) is 5.69 Å². The molecule has 0 bridgehead atoms. The lowest BCUT2D eigenvalue weighted by Crippen LogP contribution is -2.14. The van der Waals surface area contributed by atoms with E-state index in [1.54, 1.807) is 0 Å². The van der Waals surface area contributed by atoms with Crippen LogP contribution in [0.25, 0.3) is 11.2 Å². The minimum Gasteiger partial charge on any atom is -0.425 e. The SMILES string of the molecule is CC(C)(C)c1ncnc2ocnc12. The van der Waals surface area contributed by atoms with E-state index in [-0.39, 0.29) is 5.41 Å². The topological polar surface area (TPSA) is 51.8 Å². The highest BCUT2D eigenvalue weighted by atomic mass is 16.3. The van der Waals surface area contributed by atoms with E-state index in [4.69, 9.17) is 4.42 Å². The second-order valence-electron chi connectivity index (χ2n) is 3.98. The maximum absolute atomic E-state index is 5.09. The number of fused-ring (bicyclic) bond motifs is 1. The van der Waals surface area contributed by atoms with Gasteiger partial charge >= 0.3 is 0 Å². The van der Waals surface area contributed by atoms with Crippen LogP contribution >= 0.6 is 0 Å². The van der Waals surface area contributed by atoms with Crippen molar-refractivity contribution in [2.45, 2.75) is 26.2 Å². The molecule has 4 nitrogen and oxygen atoms in total. The highest BCUT2D eigenvalue weighted by molar-refractivity contribution is 5.71. The van der Waals surface area contributed by atoms with Crippen LogP contribution < -0.4 is 0 Å². The number of hydrogen-bond acceptors (Lipinski definition) is 4. The van der Waals surface area contributed by atoms with Crippen LogP contribution in [0, 0.1) is 0 Å². The summed E-state index contributed by atoms with van der Waals surface area (Å²) in [5.41, 5.74) is 2.21. The molecule has 0 saturated carbocycles. The van der Waals surface area contributed by atoms with Crippen LogP contribution in [-0.2, 0) is 5.41 Å². The minimum atomic E-state index is -0.0297. The van der Waals surface area contributed by atoms with Gasteiger partial charge in [0.1, 0.15) is 6.33 Å². The molecule has 0 saturated heterocycles. The molecule has 0 radical (unpaired) electrons. The Morgan fingerprint density at radius 3 is 2.62 bits per heavy atom. The molecule has 0 spiro atoms. The summed E-state index contributed by atoms with van der Waals surface area (Å²) >= 11 is 0. The van der Waals surface area contributed by atoms with Gasteiger partial charge in [-0.2, -0.15) is 4.98 Å². The average Bonchev–Trinajstić information content (AvgIpc) is 2.48. The van der Waals surface area contributed by atoms with Gasteiger partial charge in [-0.15, -0.1) is 0 Å². The molecule has 2 aromatic heterocycles. The van der Waals surface area contributed by atoms with Crippen molar-refractivity contribution in [3.63, 3.8) is 0 Å². The van der Waals surface area contributed by atoms with Crippen LogP contribution in [0.15, 0.2) is 17.1 Å². The first-order valence-electron chi connectivity index (χ1n) is 4.14. The van der Waals surface area contributed by atoms with Crippen LogP contribution in [-0.4, -0.2) is 15.0 Å². The van der Waals surface area contributed by atoms with Crippen molar-refractivity contribution >= 4 is 11.2 Å². The fourth-order valence-corrected chi connectivity index (χ4v) is 1.24. The lowest BCUT2D eigenvalue weighted by atomic mass is 9.91. The average molecular weight is 177 g/mol. The lowest BCUT2D eigenvalue weighted by Gasteiger charge is -2.16. The molecule has 13 heavy (non-hydrogen) atoms. The molecule has 0 unspecified atom stereocenters. The summed E-state index contributed by atoms with van der Waals surface area (Å²) in [5.74, 6) is 0. The molecule has 0 aliphatic heterocycles. The number of nitrogens with zero attached hydrogens (tertiary/aromatic N) is 3. The fraction of sp³-hybridized carbons (Fsp3) is 0.444. The van der Waals surface area contributed by atoms with Gasteiger partial charge in [0.2, 0.25) is 5.71 Å². The Hall–Kier alpha value is -1.45. The van der Waals surface area contributed by atoms with Gasteiger partial charge in [0.25, 0.3) is 0 Å². The third-order valence-electron chi connectivity index (χ3n) is 1.85. The first kappa shape index (κ1) is 8.16. The van der Waals surface area contributed by atoms with E-state index in [1.165, 1.54) is 12.7 Å². The van der Waals surface area contributed by atoms with E-state index in [0.717, 1.165) is 11.2 Å². The summed E-state index contributed by atoms with van der Waals surface area (Å²) in [6.07, 6.45) is 2.91. The molecule has 2 rings (SSSR count). The Kier molecular flexibility index (Phi) is 1.58. The zero-order valence-electron chi connectivity index (χ0n) is 7.90. The molecular weight excluding hydrogens is 166 g/mol. The highest BCUT2D eigenvalue weighted by Crippen LogP contribution is 2.25. The molecule has 2 aromatic rings. The van der Waals surface area contributed by atoms with Gasteiger partial charge in [0, 0.05) is 5.41 Å². The first-order valence-corrected chi connectivity index (χ1v) is 4.14. The fourth-order valence-electron chi connectivity index (χ4n) is 1.24. The van der Waals surface area contributed by atoms with Crippen molar-refractivity contribution in [3.05, 3.63) is 18.4 Å². The smallest absolute Gasteiger partial charge is 0.250 e. The Balaban J connectivity index is 2.75. The van der Waals surface area contributed by atoms with Crippen LogP contribution in [0.5, 0.6) is 0 Å². The van der Waals surface area contributed by atoms with Crippen LogP contribution in [0.3, 0.4) is 0 Å². The summed E-state index contributed by atoms with van der Waals surface area (Å²) in [4.78, 5) is 12.3. The van der Waals surface area contributed by atoms with Gasteiger partial charge in [-0.05, 0) is 0 Å². The summed E-state index contributed by atoms with van der Waals surface area (Å²) in [5, 5.41) is 0. The zero-order valence-corrected chi connectivity index (χ0v) is 7.90. The van der Waals surface area contributed by atoms with E-state index < -0.39 is 0 Å². The molecule has 0 aromatic carbocycles. The summed E-state index contributed by atoms with van der Waals surface area (Å²) < 4.78 is 5.09. The Morgan fingerprint density at radius 2 is 1.92 bits per heavy atom. The van der Waals surface area contributed by atoms with E-state index in [2.05, 4.69) is 35.7 Å². The number of hydrogen-bond donors (Lipinski definition) is 0. The highest BCUT2D eigenvalue weighted by Gasteiger charge is 2.20. The lowest BCUT2D eigenvalue weighted by molar-refractivity contribution is 0.567. The molecule has 0 fully saturated rings. The zero-order chi connectivity index (χ0) is 9.47. The molecular formula is C9H11N3O. The monoisotopic (exact) mass is 177 g/mol. The van der Waals surface area contributed by atoms with E-state index in [0.29, 0.717) is 5.71 Å². The van der Waals surface area contributed by atoms with Crippen LogP contribution in [0.1, 0.15) is 26.5 Å². The number of aromatic nitrogens is 3. The largest absolute Gasteiger partial charge is 0.425 e. The molecule has 2 heterocycles. The third-order valence-corrected chi connectivity index (χ3v) is 1.85. The predicted octanol–water partition coefficient (Wildman–Crippen LogP) is 1.92. The van der Waals surface area contributed by atoms with E-state index in [1.807, 2.05) is 0 Å². The van der Waals surface area contributed by atoms with Crippen molar-refractivity contribution in [2.75, 3.05) is 0 Å². The van der Waals surface area contributed by atoms with Crippen molar-refractivity contribution in [1.82, 2.24) is 15.0 Å². The predicted molar refractivity (Wildman–Crippen MR) is 48.3 cm³/mol. The molecule has 0 aliphatic carbocycles. The number of rotatable bonds is 0. The maximum atomic E-state index is 5.09. The van der Waals surface area contributed by atoms with Gasteiger partial charge in [-0.25, -0.2) is 9.97 Å². The molecule has 0 N–H and O–H groups in total. The molecule has 0 amide bonds. The normalized spacial score (nSPS) is 12.2. The second-order valence-corrected chi connectivity index (χ2v) is 3.98. The summed E-state index contributed by atoms with van der Waals surface area (Å²) in [6, 6.07) is 0. The second kappa shape index (κ2) is 2.52. The van der Waals surface area contributed by atoms with E-state index in [9.17, 15) is 0 Å². The maximum Gasteiger partial charge on any atom is 0.250 e. The molecule has 4 heteroatoms. The van der Waals surface area contributed by atoms with Crippen LogP contribution in [0.4, 0.5) is 0 Å². The number of oxazole rings is 1.